The monoisotopic (exact) mass is 148 g/mol. The third-order valence-corrected chi connectivity index (χ3v) is 2.36. The molecule has 2 rings (SSSR count). The second kappa shape index (κ2) is 2.35. The first-order valence-electron chi connectivity index (χ1n) is 4.07. The lowest BCUT2D eigenvalue weighted by Crippen LogP contribution is -2.05. The highest BCUT2D eigenvalue weighted by molar-refractivity contribution is 5.26. The number of rotatable bonds is 2. The van der Waals surface area contributed by atoms with Crippen LogP contribution in [0.3, 0.4) is 0 Å². The molecule has 1 nitrogen and oxygen atoms in total. The summed E-state index contributed by atoms with van der Waals surface area (Å²) in [6.07, 6.45) is 1.08. The van der Waals surface area contributed by atoms with Crippen LogP contribution in [0, 0.1) is 0 Å². The lowest BCUT2D eigenvalue weighted by molar-refractivity contribution is 0.301. The van der Waals surface area contributed by atoms with Crippen molar-refractivity contribution in [2.45, 2.75) is 18.9 Å². The van der Waals surface area contributed by atoms with E-state index < -0.39 is 0 Å². The highest BCUT2D eigenvalue weighted by Gasteiger charge is 2.44. The Bertz CT molecular complexity index is 236. The minimum atomic E-state index is 0.0846. The Balaban J connectivity index is 2.30. The van der Waals surface area contributed by atoms with Crippen molar-refractivity contribution >= 4 is 0 Å². The molecule has 0 aromatic heterocycles. The molecule has 0 saturated carbocycles. The van der Waals surface area contributed by atoms with Gasteiger partial charge in [0, 0.05) is 0 Å². The zero-order chi connectivity index (χ0) is 7.73. The number of epoxide rings is 1. The zero-order valence-electron chi connectivity index (χ0n) is 6.71. The molecule has 1 atom stereocenters. The highest BCUT2D eigenvalue weighted by atomic mass is 16.6. The lowest BCUT2D eigenvalue weighted by Gasteiger charge is -2.07. The van der Waals surface area contributed by atoms with Crippen LogP contribution in [0.2, 0.25) is 0 Å². The molecule has 0 spiro atoms. The molecular formula is C10H12O. The maximum atomic E-state index is 5.43. The third kappa shape index (κ3) is 1.05. The van der Waals surface area contributed by atoms with Crippen molar-refractivity contribution in [3.63, 3.8) is 0 Å². The summed E-state index contributed by atoms with van der Waals surface area (Å²) < 4.78 is 5.43. The molecule has 58 valence electrons. The number of hydrogen-bond donors (Lipinski definition) is 0. The number of benzene rings is 1. The minimum Gasteiger partial charge on any atom is -0.365 e. The Kier molecular flexibility index (Phi) is 1.46. The summed E-state index contributed by atoms with van der Waals surface area (Å²) in [6, 6.07) is 10.4. The average molecular weight is 148 g/mol. The largest absolute Gasteiger partial charge is 0.365 e. The Morgan fingerprint density at radius 2 is 2.00 bits per heavy atom. The second-order valence-electron chi connectivity index (χ2n) is 3.00. The van der Waals surface area contributed by atoms with Crippen molar-refractivity contribution in [2.24, 2.45) is 0 Å². The van der Waals surface area contributed by atoms with Gasteiger partial charge in [-0.2, -0.15) is 0 Å². The molecule has 1 aliphatic rings. The Labute approximate surface area is 67.0 Å². The molecule has 1 heteroatoms. The smallest absolute Gasteiger partial charge is 0.116 e. The number of hydrogen-bond acceptors (Lipinski definition) is 1. The van der Waals surface area contributed by atoms with Gasteiger partial charge < -0.3 is 4.74 Å². The van der Waals surface area contributed by atoms with E-state index in [2.05, 4.69) is 31.2 Å². The van der Waals surface area contributed by atoms with Gasteiger partial charge >= 0.3 is 0 Å². The van der Waals surface area contributed by atoms with Crippen molar-refractivity contribution < 1.29 is 4.74 Å². The molecule has 1 fully saturated rings. The van der Waals surface area contributed by atoms with Crippen LogP contribution in [0.5, 0.6) is 0 Å². The van der Waals surface area contributed by atoms with Gasteiger partial charge in [-0.05, 0) is 12.0 Å². The van der Waals surface area contributed by atoms with E-state index in [0.29, 0.717) is 0 Å². The summed E-state index contributed by atoms with van der Waals surface area (Å²) in [5, 5.41) is 0. The van der Waals surface area contributed by atoms with Crippen LogP contribution in [-0.4, -0.2) is 6.61 Å². The van der Waals surface area contributed by atoms with Crippen molar-refractivity contribution in [3.05, 3.63) is 35.9 Å². The predicted molar refractivity (Wildman–Crippen MR) is 44.4 cm³/mol. The van der Waals surface area contributed by atoms with E-state index >= 15 is 0 Å². The molecular weight excluding hydrogens is 136 g/mol. The van der Waals surface area contributed by atoms with Gasteiger partial charge in [0.2, 0.25) is 0 Å². The molecule has 1 unspecified atom stereocenters. The van der Waals surface area contributed by atoms with Crippen LogP contribution in [0.15, 0.2) is 30.3 Å². The fourth-order valence-electron chi connectivity index (χ4n) is 1.40. The van der Waals surface area contributed by atoms with E-state index in [1.54, 1.807) is 0 Å². The van der Waals surface area contributed by atoms with Crippen molar-refractivity contribution in [1.82, 2.24) is 0 Å². The zero-order valence-corrected chi connectivity index (χ0v) is 6.71. The molecule has 11 heavy (non-hydrogen) atoms. The summed E-state index contributed by atoms with van der Waals surface area (Å²) in [6.45, 7) is 3.06. The van der Waals surface area contributed by atoms with E-state index in [1.807, 2.05) is 6.07 Å². The molecule has 0 bridgehead atoms. The van der Waals surface area contributed by atoms with E-state index in [9.17, 15) is 0 Å². The highest BCUT2D eigenvalue weighted by Crippen LogP contribution is 2.41. The lowest BCUT2D eigenvalue weighted by atomic mass is 9.98. The van der Waals surface area contributed by atoms with Crippen LogP contribution < -0.4 is 0 Å². The van der Waals surface area contributed by atoms with Crippen LogP contribution in [0.4, 0.5) is 0 Å². The van der Waals surface area contributed by atoms with Crippen molar-refractivity contribution in [1.29, 1.82) is 0 Å². The Morgan fingerprint density at radius 3 is 2.45 bits per heavy atom. The molecule has 1 heterocycles. The van der Waals surface area contributed by atoms with Gasteiger partial charge in [0.15, 0.2) is 0 Å². The van der Waals surface area contributed by atoms with Gasteiger partial charge in [0.05, 0.1) is 6.61 Å². The van der Waals surface area contributed by atoms with Crippen molar-refractivity contribution in [3.8, 4) is 0 Å². The average Bonchev–Trinajstić information content (AvgIpc) is 2.86. The fraction of sp³-hybridized carbons (Fsp3) is 0.400. The second-order valence-corrected chi connectivity index (χ2v) is 3.00. The minimum absolute atomic E-state index is 0.0846. The van der Waals surface area contributed by atoms with Crippen LogP contribution in [0.1, 0.15) is 18.9 Å². The predicted octanol–water partition coefficient (Wildman–Crippen LogP) is 2.32. The van der Waals surface area contributed by atoms with Gasteiger partial charge in [-0.25, -0.2) is 0 Å². The Morgan fingerprint density at radius 1 is 1.36 bits per heavy atom. The molecule has 1 aliphatic heterocycles. The van der Waals surface area contributed by atoms with Gasteiger partial charge in [0.25, 0.3) is 0 Å². The van der Waals surface area contributed by atoms with Gasteiger partial charge in [-0.1, -0.05) is 37.3 Å². The topological polar surface area (TPSA) is 12.5 Å². The van der Waals surface area contributed by atoms with Crippen molar-refractivity contribution in [2.75, 3.05) is 6.61 Å². The first-order chi connectivity index (χ1) is 5.37. The molecule has 0 amide bonds. The van der Waals surface area contributed by atoms with Crippen LogP contribution in [0.25, 0.3) is 0 Å². The first-order valence-corrected chi connectivity index (χ1v) is 4.07. The molecule has 1 aromatic carbocycles. The van der Waals surface area contributed by atoms with Crippen LogP contribution >= 0.6 is 0 Å². The summed E-state index contributed by atoms with van der Waals surface area (Å²) in [4.78, 5) is 0. The fourth-order valence-corrected chi connectivity index (χ4v) is 1.40. The first kappa shape index (κ1) is 6.86. The summed E-state index contributed by atoms with van der Waals surface area (Å²) in [7, 11) is 0. The van der Waals surface area contributed by atoms with Crippen LogP contribution in [-0.2, 0) is 10.3 Å². The Hall–Kier alpha value is -0.820. The van der Waals surface area contributed by atoms with E-state index in [-0.39, 0.29) is 5.60 Å². The van der Waals surface area contributed by atoms with E-state index in [1.165, 1.54) is 5.56 Å². The summed E-state index contributed by atoms with van der Waals surface area (Å²) >= 11 is 0. The molecule has 1 aromatic rings. The molecule has 0 aliphatic carbocycles. The number of ether oxygens (including phenoxy) is 1. The maximum absolute atomic E-state index is 5.43. The standard InChI is InChI=1S/C10H12O/c1-2-10(8-11-10)9-6-4-3-5-7-9/h3-7H,2,8H2,1H3. The summed E-state index contributed by atoms with van der Waals surface area (Å²) in [5.41, 5.74) is 1.41. The van der Waals surface area contributed by atoms with Gasteiger partial charge in [-0.15, -0.1) is 0 Å². The van der Waals surface area contributed by atoms with E-state index in [4.69, 9.17) is 4.74 Å². The third-order valence-electron chi connectivity index (χ3n) is 2.36. The quantitative estimate of drug-likeness (QED) is 0.586. The van der Waals surface area contributed by atoms with Gasteiger partial charge in [0.1, 0.15) is 5.60 Å². The molecule has 1 saturated heterocycles. The molecule has 0 radical (unpaired) electrons. The summed E-state index contributed by atoms with van der Waals surface area (Å²) in [5.74, 6) is 0. The van der Waals surface area contributed by atoms with E-state index in [0.717, 1.165) is 13.0 Å². The normalized spacial score (nSPS) is 28.5. The van der Waals surface area contributed by atoms with Gasteiger partial charge in [-0.3, -0.25) is 0 Å². The molecule has 0 N–H and O–H groups in total. The SMILES string of the molecule is CCC1(c2ccccc2)CO1. The maximum Gasteiger partial charge on any atom is 0.116 e.